The standard InChI is InChI=1S/C10H10N2/c1-7-2-3-8-9(11)4-5-12-10(8)6-7/h2-6H,1H3,(H2,11,12). The quantitative estimate of drug-likeness (QED) is 0.637. The number of fused-ring (bicyclic) bond motifs is 1. The summed E-state index contributed by atoms with van der Waals surface area (Å²) in [7, 11) is 0. The molecule has 0 aliphatic heterocycles. The molecule has 60 valence electrons. The number of hydrogen-bond donors (Lipinski definition) is 1. The number of rotatable bonds is 0. The van der Waals surface area contributed by atoms with Crippen LogP contribution in [0, 0.1) is 6.92 Å². The van der Waals surface area contributed by atoms with Gasteiger partial charge in [0.2, 0.25) is 0 Å². The summed E-state index contributed by atoms with van der Waals surface area (Å²) < 4.78 is 0. The van der Waals surface area contributed by atoms with Crippen molar-refractivity contribution in [3.05, 3.63) is 36.0 Å². The number of nitrogens with two attached hydrogens (primary N) is 1. The first-order chi connectivity index (χ1) is 5.77. The fourth-order valence-corrected chi connectivity index (χ4v) is 1.28. The first-order valence-corrected chi connectivity index (χ1v) is 3.88. The lowest BCUT2D eigenvalue weighted by atomic mass is 10.1. The van der Waals surface area contributed by atoms with E-state index in [0.29, 0.717) is 0 Å². The zero-order chi connectivity index (χ0) is 8.55. The third-order valence-electron chi connectivity index (χ3n) is 1.93. The molecule has 0 amide bonds. The Morgan fingerprint density at radius 3 is 2.92 bits per heavy atom. The van der Waals surface area contributed by atoms with Gasteiger partial charge in [0.1, 0.15) is 0 Å². The van der Waals surface area contributed by atoms with Gasteiger partial charge in [0.15, 0.2) is 0 Å². The molecule has 1 aromatic carbocycles. The number of benzene rings is 1. The molecule has 1 heterocycles. The summed E-state index contributed by atoms with van der Waals surface area (Å²) in [6, 6.07) is 7.90. The van der Waals surface area contributed by atoms with Crippen LogP contribution < -0.4 is 5.73 Å². The topological polar surface area (TPSA) is 38.9 Å². The molecule has 0 atom stereocenters. The minimum absolute atomic E-state index is 0.792. The van der Waals surface area contributed by atoms with E-state index in [2.05, 4.69) is 4.98 Å². The molecule has 0 aliphatic carbocycles. The number of anilines is 1. The molecule has 2 aromatic rings. The first-order valence-electron chi connectivity index (χ1n) is 3.88. The van der Waals surface area contributed by atoms with E-state index in [9.17, 15) is 0 Å². The molecule has 2 heteroatoms. The molecule has 0 bridgehead atoms. The van der Waals surface area contributed by atoms with Crippen molar-refractivity contribution in [3.63, 3.8) is 0 Å². The molecule has 12 heavy (non-hydrogen) atoms. The highest BCUT2D eigenvalue weighted by Gasteiger charge is 1.96. The zero-order valence-corrected chi connectivity index (χ0v) is 6.91. The van der Waals surface area contributed by atoms with Gasteiger partial charge in [-0.05, 0) is 24.6 Å². The van der Waals surface area contributed by atoms with E-state index >= 15 is 0 Å². The lowest BCUT2D eigenvalue weighted by molar-refractivity contribution is 1.39. The molecule has 2 rings (SSSR count). The summed E-state index contributed by atoms with van der Waals surface area (Å²) in [6.45, 7) is 2.05. The Balaban J connectivity index is 2.86. The average Bonchev–Trinajstić information content (AvgIpc) is 2.04. The third kappa shape index (κ3) is 1.01. The van der Waals surface area contributed by atoms with Crippen LogP contribution in [0.1, 0.15) is 5.56 Å². The Morgan fingerprint density at radius 2 is 2.08 bits per heavy atom. The highest BCUT2D eigenvalue weighted by atomic mass is 14.7. The van der Waals surface area contributed by atoms with Crippen molar-refractivity contribution in [2.75, 3.05) is 5.73 Å². The largest absolute Gasteiger partial charge is 0.398 e. The Hall–Kier alpha value is -1.57. The number of hydrogen-bond acceptors (Lipinski definition) is 2. The number of aromatic nitrogens is 1. The molecule has 2 nitrogen and oxygen atoms in total. The Morgan fingerprint density at radius 1 is 1.25 bits per heavy atom. The predicted molar refractivity (Wildman–Crippen MR) is 50.9 cm³/mol. The number of aryl methyl sites for hydroxylation is 1. The Kier molecular flexibility index (Phi) is 1.47. The highest BCUT2D eigenvalue weighted by Crippen LogP contribution is 2.18. The van der Waals surface area contributed by atoms with Crippen LogP contribution >= 0.6 is 0 Å². The summed E-state index contributed by atoms with van der Waals surface area (Å²) in [5, 5.41) is 1.03. The van der Waals surface area contributed by atoms with E-state index in [-0.39, 0.29) is 0 Å². The van der Waals surface area contributed by atoms with Crippen molar-refractivity contribution in [2.24, 2.45) is 0 Å². The average molecular weight is 158 g/mol. The molecule has 0 saturated carbocycles. The Bertz CT molecular complexity index is 421. The molecule has 0 saturated heterocycles. The van der Waals surface area contributed by atoms with Crippen LogP contribution in [0.5, 0.6) is 0 Å². The van der Waals surface area contributed by atoms with E-state index in [1.54, 1.807) is 6.20 Å². The van der Waals surface area contributed by atoms with Gasteiger partial charge in [0.05, 0.1) is 5.52 Å². The summed E-state index contributed by atoms with van der Waals surface area (Å²) >= 11 is 0. The normalized spacial score (nSPS) is 10.4. The van der Waals surface area contributed by atoms with Gasteiger partial charge in [-0.15, -0.1) is 0 Å². The van der Waals surface area contributed by atoms with E-state index in [0.717, 1.165) is 16.6 Å². The fourth-order valence-electron chi connectivity index (χ4n) is 1.28. The van der Waals surface area contributed by atoms with E-state index in [1.807, 2.05) is 31.2 Å². The molecule has 0 aliphatic rings. The smallest absolute Gasteiger partial charge is 0.0725 e. The molecule has 2 N–H and O–H groups in total. The summed E-state index contributed by atoms with van der Waals surface area (Å²) in [6.07, 6.45) is 1.73. The van der Waals surface area contributed by atoms with Crippen molar-refractivity contribution in [3.8, 4) is 0 Å². The summed E-state index contributed by atoms with van der Waals surface area (Å²) in [5.74, 6) is 0. The first kappa shape index (κ1) is 7.10. The van der Waals surface area contributed by atoms with Gasteiger partial charge in [-0.2, -0.15) is 0 Å². The number of nitrogen functional groups attached to an aromatic ring is 1. The second-order valence-corrected chi connectivity index (χ2v) is 2.92. The van der Waals surface area contributed by atoms with Crippen LogP contribution in [-0.4, -0.2) is 4.98 Å². The molecule has 0 radical (unpaired) electrons. The van der Waals surface area contributed by atoms with Crippen molar-refractivity contribution >= 4 is 16.6 Å². The van der Waals surface area contributed by atoms with Gasteiger partial charge in [-0.3, -0.25) is 4.98 Å². The van der Waals surface area contributed by atoms with Crippen LogP contribution in [0.2, 0.25) is 0 Å². The van der Waals surface area contributed by atoms with Crippen molar-refractivity contribution in [1.29, 1.82) is 0 Å². The van der Waals surface area contributed by atoms with Gasteiger partial charge in [-0.25, -0.2) is 0 Å². The molecular formula is C10H10N2. The van der Waals surface area contributed by atoms with E-state index in [1.165, 1.54) is 5.56 Å². The van der Waals surface area contributed by atoms with Crippen LogP contribution in [0.15, 0.2) is 30.5 Å². The highest BCUT2D eigenvalue weighted by molar-refractivity contribution is 5.89. The molecule has 0 unspecified atom stereocenters. The van der Waals surface area contributed by atoms with Crippen molar-refractivity contribution in [2.45, 2.75) is 6.92 Å². The van der Waals surface area contributed by atoms with Crippen LogP contribution in [-0.2, 0) is 0 Å². The van der Waals surface area contributed by atoms with Gasteiger partial charge in [0.25, 0.3) is 0 Å². The molecule has 1 aromatic heterocycles. The monoisotopic (exact) mass is 158 g/mol. The summed E-state index contributed by atoms with van der Waals surface area (Å²) in [5.41, 5.74) is 8.73. The van der Waals surface area contributed by atoms with Crippen LogP contribution in [0.25, 0.3) is 10.9 Å². The lowest BCUT2D eigenvalue weighted by Crippen LogP contribution is -1.88. The fraction of sp³-hybridized carbons (Fsp3) is 0.100. The van der Waals surface area contributed by atoms with Crippen molar-refractivity contribution < 1.29 is 0 Å². The zero-order valence-electron chi connectivity index (χ0n) is 6.91. The van der Waals surface area contributed by atoms with E-state index in [4.69, 9.17) is 5.73 Å². The number of nitrogens with zero attached hydrogens (tertiary/aromatic N) is 1. The second kappa shape index (κ2) is 2.48. The van der Waals surface area contributed by atoms with Gasteiger partial charge >= 0.3 is 0 Å². The predicted octanol–water partition coefficient (Wildman–Crippen LogP) is 2.13. The van der Waals surface area contributed by atoms with E-state index < -0.39 is 0 Å². The van der Waals surface area contributed by atoms with Gasteiger partial charge in [0, 0.05) is 17.3 Å². The van der Waals surface area contributed by atoms with Gasteiger partial charge in [-0.1, -0.05) is 12.1 Å². The molecule has 0 spiro atoms. The third-order valence-corrected chi connectivity index (χ3v) is 1.93. The van der Waals surface area contributed by atoms with Crippen molar-refractivity contribution in [1.82, 2.24) is 4.98 Å². The Labute approximate surface area is 71.0 Å². The maximum Gasteiger partial charge on any atom is 0.0725 e. The van der Waals surface area contributed by atoms with Crippen LogP contribution in [0.3, 0.4) is 0 Å². The lowest BCUT2D eigenvalue weighted by Gasteiger charge is -2.00. The van der Waals surface area contributed by atoms with Gasteiger partial charge < -0.3 is 5.73 Å². The second-order valence-electron chi connectivity index (χ2n) is 2.92. The maximum absolute atomic E-state index is 5.77. The molecular weight excluding hydrogens is 148 g/mol. The maximum atomic E-state index is 5.77. The minimum Gasteiger partial charge on any atom is -0.398 e. The van der Waals surface area contributed by atoms with Crippen LogP contribution in [0.4, 0.5) is 5.69 Å². The minimum atomic E-state index is 0.792. The summed E-state index contributed by atoms with van der Waals surface area (Å²) in [4.78, 5) is 4.22. The number of pyridine rings is 1. The SMILES string of the molecule is Cc1ccc2c(N)ccnc2c1. The molecule has 0 fully saturated rings.